The second kappa shape index (κ2) is 6.37. The molecule has 2 rings (SSSR count). The van der Waals surface area contributed by atoms with E-state index in [1.165, 1.54) is 0 Å². The summed E-state index contributed by atoms with van der Waals surface area (Å²) in [4.78, 5) is 27.1. The zero-order chi connectivity index (χ0) is 15.7. The summed E-state index contributed by atoms with van der Waals surface area (Å²) in [5.41, 5.74) is 0. The Hall–Kier alpha value is -1.06. The smallest absolute Gasteiger partial charge is 0.246 e. The minimum absolute atomic E-state index is 0.00530. The van der Waals surface area contributed by atoms with E-state index in [2.05, 4.69) is 26.1 Å². The third kappa shape index (κ3) is 3.09. The van der Waals surface area contributed by atoms with Crippen molar-refractivity contribution in [3.63, 3.8) is 0 Å². The van der Waals surface area contributed by atoms with Crippen LogP contribution in [-0.4, -0.2) is 34.8 Å². The molecule has 21 heavy (non-hydrogen) atoms. The van der Waals surface area contributed by atoms with Gasteiger partial charge < -0.3 is 10.2 Å². The van der Waals surface area contributed by atoms with Gasteiger partial charge in [-0.1, -0.05) is 34.1 Å². The molecule has 6 atom stereocenters. The van der Waals surface area contributed by atoms with Crippen LogP contribution in [0.3, 0.4) is 0 Å². The first-order chi connectivity index (χ1) is 9.86. The van der Waals surface area contributed by atoms with Gasteiger partial charge in [0.1, 0.15) is 12.1 Å². The molecule has 1 heterocycles. The highest BCUT2D eigenvalue weighted by Crippen LogP contribution is 2.34. The molecule has 1 N–H and O–H groups in total. The molecule has 0 spiro atoms. The van der Waals surface area contributed by atoms with Gasteiger partial charge in [-0.15, -0.1) is 0 Å². The number of amides is 2. The lowest BCUT2D eigenvalue weighted by Crippen LogP contribution is -2.67. The van der Waals surface area contributed by atoms with Gasteiger partial charge in [0, 0.05) is 6.04 Å². The van der Waals surface area contributed by atoms with Gasteiger partial charge in [0.15, 0.2) is 0 Å². The van der Waals surface area contributed by atoms with Gasteiger partial charge in [-0.25, -0.2) is 0 Å². The summed E-state index contributed by atoms with van der Waals surface area (Å²) in [6.07, 6.45) is 4.23. The molecule has 1 aliphatic heterocycles. The number of carbonyl (C=O) groups excluding carboxylic acids is 2. The van der Waals surface area contributed by atoms with Crippen molar-refractivity contribution in [3.05, 3.63) is 0 Å². The molecule has 4 heteroatoms. The van der Waals surface area contributed by atoms with Crippen LogP contribution in [0.4, 0.5) is 0 Å². The standard InChI is InChI=1S/C17H30N2O2/c1-6-11(3)15-17(21)19(13(5)16(20)18-15)14-8-7-10(2)9-12(14)4/h10-15H,6-9H2,1-5H3,(H,18,20). The van der Waals surface area contributed by atoms with Gasteiger partial charge in [-0.2, -0.15) is 0 Å². The molecule has 0 aromatic heterocycles. The predicted octanol–water partition coefficient (Wildman–Crippen LogP) is 2.57. The van der Waals surface area contributed by atoms with Crippen molar-refractivity contribution in [2.45, 2.75) is 78.4 Å². The number of piperazine rings is 1. The summed E-state index contributed by atoms with van der Waals surface area (Å²) in [6, 6.07) is -0.454. The molecule has 1 saturated heterocycles. The molecule has 6 unspecified atom stereocenters. The number of nitrogens with zero attached hydrogens (tertiary/aromatic N) is 1. The van der Waals surface area contributed by atoms with Crippen LogP contribution in [0.15, 0.2) is 0 Å². The Balaban J connectivity index is 2.22. The summed E-state index contributed by atoms with van der Waals surface area (Å²) < 4.78 is 0. The number of hydrogen-bond donors (Lipinski definition) is 1. The van der Waals surface area contributed by atoms with E-state index in [1.54, 1.807) is 0 Å². The molecule has 2 amide bonds. The summed E-state index contributed by atoms with van der Waals surface area (Å²) in [5.74, 6) is 1.53. The van der Waals surface area contributed by atoms with Crippen LogP contribution in [0.1, 0.15) is 60.3 Å². The minimum atomic E-state index is -0.342. The average Bonchev–Trinajstić information content (AvgIpc) is 2.44. The fraction of sp³-hybridized carbons (Fsp3) is 0.882. The zero-order valence-electron chi connectivity index (χ0n) is 14.1. The normalized spacial score (nSPS) is 39.1. The van der Waals surface area contributed by atoms with Gasteiger partial charge in [0.05, 0.1) is 0 Å². The largest absolute Gasteiger partial charge is 0.342 e. The lowest BCUT2D eigenvalue weighted by Gasteiger charge is -2.47. The van der Waals surface area contributed by atoms with E-state index in [9.17, 15) is 9.59 Å². The fourth-order valence-corrected chi connectivity index (χ4v) is 3.95. The highest BCUT2D eigenvalue weighted by Gasteiger charge is 2.45. The van der Waals surface area contributed by atoms with Crippen LogP contribution in [0.5, 0.6) is 0 Å². The molecule has 120 valence electrons. The maximum atomic E-state index is 12.9. The topological polar surface area (TPSA) is 49.4 Å². The van der Waals surface area contributed by atoms with Crippen LogP contribution < -0.4 is 5.32 Å². The Labute approximate surface area is 128 Å². The van der Waals surface area contributed by atoms with Crippen molar-refractivity contribution >= 4 is 11.8 Å². The Bertz CT molecular complexity index is 410. The number of hydrogen-bond acceptors (Lipinski definition) is 2. The van der Waals surface area contributed by atoms with Crippen molar-refractivity contribution in [1.29, 1.82) is 0 Å². The van der Waals surface area contributed by atoms with E-state index in [0.29, 0.717) is 5.92 Å². The second-order valence-electron chi connectivity index (χ2n) is 7.26. The fourth-order valence-electron chi connectivity index (χ4n) is 3.95. The van der Waals surface area contributed by atoms with Gasteiger partial charge in [-0.3, -0.25) is 9.59 Å². The van der Waals surface area contributed by atoms with Gasteiger partial charge in [0.2, 0.25) is 11.8 Å². The lowest BCUT2D eigenvalue weighted by atomic mass is 9.78. The maximum absolute atomic E-state index is 12.9. The van der Waals surface area contributed by atoms with Crippen LogP contribution in [0, 0.1) is 17.8 Å². The number of nitrogens with one attached hydrogen (secondary N) is 1. The molecule has 0 bridgehead atoms. The van der Waals surface area contributed by atoms with E-state index in [-0.39, 0.29) is 35.9 Å². The molecular formula is C17H30N2O2. The SMILES string of the molecule is CCC(C)C1NC(=O)C(C)N(C2CCC(C)CC2C)C1=O. The van der Waals surface area contributed by atoms with Crippen molar-refractivity contribution in [2.24, 2.45) is 17.8 Å². The minimum Gasteiger partial charge on any atom is -0.342 e. The van der Waals surface area contributed by atoms with Crippen LogP contribution in [-0.2, 0) is 9.59 Å². The average molecular weight is 294 g/mol. The van der Waals surface area contributed by atoms with E-state index in [0.717, 1.165) is 31.6 Å². The third-order valence-corrected chi connectivity index (χ3v) is 5.57. The summed E-state index contributed by atoms with van der Waals surface area (Å²) >= 11 is 0. The molecule has 2 aliphatic rings. The van der Waals surface area contributed by atoms with E-state index >= 15 is 0 Å². The monoisotopic (exact) mass is 294 g/mol. The first-order valence-electron chi connectivity index (χ1n) is 8.49. The first kappa shape index (κ1) is 16.3. The van der Waals surface area contributed by atoms with Crippen molar-refractivity contribution < 1.29 is 9.59 Å². The van der Waals surface area contributed by atoms with Crippen molar-refractivity contribution in [3.8, 4) is 0 Å². The molecule has 1 aliphatic carbocycles. The molecule has 0 aromatic carbocycles. The van der Waals surface area contributed by atoms with Gasteiger partial charge >= 0.3 is 0 Å². The van der Waals surface area contributed by atoms with E-state index < -0.39 is 0 Å². The lowest BCUT2D eigenvalue weighted by molar-refractivity contribution is -0.155. The van der Waals surface area contributed by atoms with Crippen molar-refractivity contribution in [2.75, 3.05) is 0 Å². The van der Waals surface area contributed by atoms with Gasteiger partial charge in [-0.05, 0) is 43.9 Å². The van der Waals surface area contributed by atoms with Crippen LogP contribution in [0.25, 0.3) is 0 Å². The predicted molar refractivity (Wildman–Crippen MR) is 83.7 cm³/mol. The van der Waals surface area contributed by atoms with Crippen LogP contribution >= 0.6 is 0 Å². The number of rotatable bonds is 3. The highest BCUT2D eigenvalue weighted by molar-refractivity contribution is 5.97. The van der Waals surface area contributed by atoms with Gasteiger partial charge in [0.25, 0.3) is 0 Å². The molecule has 0 aromatic rings. The number of carbonyl (C=O) groups is 2. The molecule has 2 fully saturated rings. The second-order valence-corrected chi connectivity index (χ2v) is 7.26. The summed E-state index contributed by atoms with van der Waals surface area (Å²) in [6.45, 7) is 10.5. The molecule has 0 radical (unpaired) electrons. The third-order valence-electron chi connectivity index (χ3n) is 5.57. The Morgan fingerprint density at radius 1 is 1.24 bits per heavy atom. The highest BCUT2D eigenvalue weighted by atomic mass is 16.2. The Morgan fingerprint density at radius 2 is 1.90 bits per heavy atom. The Kier molecular flexibility index (Phi) is 4.95. The molecule has 4 nitrogen and oxygen atoms in total. The van der Waals surface area contributed by atoms with E-state index in [1.807, 2.05) is 18.7 Å². The quantitative estimate of drug-likeness (QED) is 0.869. The zero-order valence-corrected chi connectivity index (χ0v) is 14.1. The molecule has 1 saturated carbocycles. The molecular weight excluding hydrogens is 264 g/mol. The van der Waals surface area contributed by atoms with Crippen molar-refractivity contribution in [1.82, 2.24) is 10.2 Å². The maximum Gasteiger partial charge on any atom is 0.246 e. The summed E-state index contributed by atoms with van der Waals surface area (Å²) in [5, 5.41) is 2.93. The first-order valence-corrected chi connectivity index (χ1v) is 8.49. The van der Waals surface area contributed by atoms with E-state index in [4.69, 9.17) is 0 Å². The summed E-state index contributed by atoms with van der Waals surface area (Å²) in [7, 11) is 0. The Morgan fingerprint density at radius 3 is 2.48 bits per heavy atom. The van der Waals surface area contributed by atoms with Crippen LogP contribution in [0.2, 0.25) is 0 Å².